The van der Waals surface area contributed by atoms with Gasteiger partial charge in [0.15, 0.2) is 0 Å². The molecule has 0 spiro atoms. The number of nitrogens with zero attached hydrogens (tertiary/aromatic N) is 4. The molecule has 0 aliphatic carbocycles. The van der Waals surface area contributed by atoms with Gasteiger partial charge in [-0.3, -0.25) is 0 Å². The predicted octanol–water partition coefficient (Wildman–Crippen LogP) is 2.44. The summed E-state index contributed by atoms with van der Waals surface area (Å²) >= 11 is 0. The average molecular weight is 302 g/mol. The fourth-order valence-corrected chi connectivity index (χ4v) is 2.95. The number of benzene rings is 2. The Kier molecular flexibility index (Phi) is 3.09. The van der Waals surface area contributed by atoms with Crippen LogP contribution in [0.3, 0.4) is 0 Å². The summed E-state index contributed by atoms with van der Waals surface area (Å²) in [4.78, 5) is 14.6. The van der Waals surface area contributed by atoms with Crippen molar-refractivity contribution < 1.29 is 4.79 Å². The van der Waals surface area contributed by atoms with Crippen LogP contribution in [0.25, 0.3) is 11.0 Å². The first-order chi connectivity index (χ1) is 11.3. The molecule has 1 aliphatic rings. The SMILES string of the molecule is C#Cc1ccc2c(c1)nnn2C(=O)N1CCc2ccccc2C1. The van der Waals surface area contributed by atoms with Crippen molar-refractivity contribution in [3.63, 3.8) is 0 Å². The number of carbonyl (C=O) groups excluding carboxylic acids is 1. The van der Waals surface area contributed by atoms with Crippen LogP contribution in [-0.4, -0.2) is 32.5 Å². The first-order valence-electron chi connectivity index (χ1n) is 7.44. The fourth-order valence-electron chi connectivity index (χ4n) is 2.95. The summed E-state index contributed by atoms with van der Waals surface area (Å²) in [6.07, 6.45) is 6.25. The lowest BCUT2D eigenvalue weighted by Gasteiger charge is -2.28. The fraction of sp³-hybridized carbons (Fsp3) is 0.167. The summed E-state index contributed by atoms with van der Waals surface area (Å²) in [5, 5.41) is 8.07. The topological polar surface area (TPSA) is 51.0 Å². The minimum Gasteiger partial charge on any atom is -0.318 e. The lowest BCUT2D eigenvalue weighted by atomic mass is 10.0. The molecule has 0 saturated heterocycles. The van der Waals surface area contributed by atoms with Gasteiger partial charge in [-0.25, -0.2) is 4.79 Å². The number of carbonyl (C=O) groups is 1. The van der Waals surface area contributed by atoms with Gasteiger partial charge in [0, 0.05) is 18.7 Å². The number of hydrogen-bond donors (Lipinski definition) is 0. The smallest absolute Gasteiger partial charge is 0.318 e. The van der Waals surface area contributed by atoms with Crippen molar-refractivity contribution in [1.29, 1.82) is 0 Å². The van der Waals surface area contributed by atoms with Crippen molar-refractivity contribution in [1.82, 2.24) is 19.9 Å². The molecule has 0 saturated carbocycles. The van der Waals surface area contributed by atoms with E-state index < -0.39 is 0 Å². The average Bonchev–Trinajstić information content (AvgIpc) is 3.03. The molecule has 112 valence electrons. The Labute approximate surface area is 133 Å². The summed E-state index contributed by atoms with van der Waals surface area (Å²) in [7, 11) is 0. The maximum absolute atomic E-state index is 12.8. The van der Waals surface area contributed by atoms with Crippen LogP contribution < -0.4 is 0 Å². The lowest BCUT2D eigenvalue weighted by molar-refractivity contribution is 0.191. The summed E-state index contributed by atoms with van der Waals surface area (Å²) < 4.78 is 1.35. The number of terminal acetylenes is 1. The van der Waals surface area contributed by atoms with Gasteiger partial charge >= 0.3 is 6.03 Å². The predicted molar refractivity (Wildman–Crippen MR) is 86.8 cm³/mol. The molecule has 0 fully saturated rings. The van der Waals surface area contributed by atoms with Gasteiger partial charge in [-0.2, -0.15) is 4.68 Å². The van der Waals surface area contributed by atoms with Crippen molar-refractivity contribution in [2.75, 3.05) is 6.54 Å². The first-order valence-corrected chi connectivity index (χ1v) is 7.44. The Morgan fingerprint density at radius 2 is 2.00 bits per heavy atom. The maximum Gasteiger partial charge on any atom is 0.347 e. The van der Waals surface area contributed by atoms with Crippen molar-refractivity contribution in [3.8, 4) is 12.3 Å². The standard InChI is InChI=1S/C18H14N4O/c1-2-13-7-8-17-16(11-13)19-20-22(17)18(23)21-10-9-14-5-3-4-6-15(14)12-21/h1,3-8,11H,9-10,12H2. The van der Waals surface area contributed by atoms with E-state index in [2.05, 4.69) is 28.4 Å². The van der Waals surface area contributed by atoms with Gasteiger partial charge in [0.25, 0.3) is 0 Å². The number of hydrogen-bond acceptors (Lipinski definition) is 3. The van der Waals surface area contributed by atoms with E-state index in [1.165, 1.54) is 15.8 Å². The van der Waals surface area contributed by atoms with E-state index in [4.69, 9.17) is 6.42 Å². The molecule has 2 aromatic carbocycles. The molecular weight excluding hydrogens is 288 g/mol. The minimum atomic E-state index is -0.157. The third-order valence-electron chi connectivity index (χ3n) is 4.19. The second kappa shape index (κ2) is 5.25. The van der Waals surface area contributed by atoms with Crippen LogP contribution in [-0.2, 0) is 13.0 Å². The van der Waals surface area contributed by atoms with Gasteiger partial charge in [-0.1, -0.05) is 35.4 Å². The summed E-state index contributed by atoms with van der Waals surface area (Å²) in [5.74, 6) is 2.56. The molecule has 0 radical (unpaired) electrons. The molecule has 1 aromatic heterocycles. The molecule has 0 unspecified atom stereocenters. The van der Waals surface area contributed by atoms with Crippen LogP contribution in [0.5, 0.6) is 0 Å². The molecule has 1 amide bonds. The highest BCUT2D eigenvalue weighted by Gasteiger charge is 2.23. The van der Waals surface area contributed by atoms with Gasteiger partial charge in [0.2, 0.25) is 0 Å². The van der Waals surface area contributed by atoms with Crippen LogP contribution in [0.4, 0.5) is 4.79 Å². The molecule has 2 heterocycles. The van der Waals surface area contributed by atoms with E-state index in [1.54, 1.807) is 23.1 Å². The molecule has 0 atom stereocenters. The van der Waals surface area contributed by atoms with Gasteiger partial charge in [0.1, 0.15) is 5.52 Å². The zero-order valence-corrected chi connectivity index (χ0v) is 12.4. The van der Waals surface area contributed by atoms with E-state index in [1.807, 2.05) is 12.1 Å². The summed E-state index contributed by atoms with van der Waals surface area (Å²) in [6.45, 7) is 1.28. The largest absolute Gasteiger partial charge is 0.347 e. The second-order valence-corrected chi connectivity index (χ2v) is 5.57. The highest BCUT2D eigenvalue weighted by molar-refractivity contribution is 5.88. The van der Waals surface area contributed by atoms with Crippen molar-refractivity contribution >= 4 is 17.1 Å². The maximum atomic E-state index is 12.8. The Morgan fingerprint density at radius 3 is 2.83 bits per heavy atom. The highest BCUT2D eigenvalue weighted by atomic mass is 16.2. The first kappa shape index (κ1) is 13.5. The molecule has 3 aromatic rings. The number of rotatable bonds is 0. The highest BCUT2D eigenvalue weighted by Crippen LogP contribution is 2.20. The van der Waals surface area contributed by atoms with E-state index in [9.17, 15) is 4.79 Å². The molecular formula is C18H14N4O. The van der Waals surface area contributed by atoms with Gasteiger partial charge in [-0.05, 0) is 35.7 Å². The van der Waals surface area contributed by atoms with E-state index >= 15 is 0 Å². The van der Waals surface area contributed by atoms with Gasteiger partial charge in [-0.15, -0.1) is 11.5 Å². The molecule has 0 N–H and O–H groups in total. The number of amides is 1. The quantitative estimate of drug-likeness (QED) is 0.599. The van der Waals surface area contributed by atoms with Crippen molar-refractivity contribution in [2.45, 2.75) is 13.0 Å². The molecule has 4 rings (SSSR count). The molecule has 1 aliphatic heterocycles. The monoisotopic (exact) mass is 302 g/mol. The van der Waals surface area contributed by atoms with Gasteiger partial charge in [0.05, 0.1) is 5.52 Å². The van der Waals surface area contributed by atoms with Crippen LogP contribution >= 0.6 is 0 Å². The Bertz CT molecular complexity index is 951. The minimum absolute atomic E-state index is 0.157. The Morgan fingerprint density at radius 1 is 1.17 bits per heavy atom. The van der Waals surface area contributed by atoms with E-state index in [0.717, 1.165) is 12.0 Å². The van der Waals surface area contributed by atoms with E-state index in [-0.39, 0.29) is 6.03 Å². The summed E-state index contributed by atoms with van der Waals surface area (Å²) in [5.41, 5.74) is 4.52. The molecule has 5 nitrogen and oxygen atoms in total. The molecule has 5 heteroatoms. The Balaban J connectivity index is 1.67. The number of aromatic nitrogens is 3. The normalized spacial score (nSPS) is 13.6. The molecule has 23 heavy (non-hydrogen) atoms. The van der Waals surface area contributed by atoms with E-state index in [0.29, 0.717) is 24.1 Å². The second-order valence-electron chi connectivity index (χ2n) is 5.57. The summed E-state index contributed by atoms with van der Waals surface area (Å²) in [6, 6.07) is 13.4. The molecule has 0 bridgehead atoms. The third kappa shape index (κ3) is 2.25. The third-order valence-corrected chi connectivity index (χ3v) is 4.19. The lowest BCUT2D eigenvalue weighted by Crippen LogP contribution is -2.39. The number of fused-ring (bicyclic) bond motifs is 2. The zero-order valence-electron chi connectivity index (χ0n) is 12.4. The van der Waals surface area contributed by atoms with Crippen LogP contribution in [0.2, 0.25) is 0 Å². The zero-order chi connectivity index (χ0) is 15.8. The van der Waals surface area contributed by atoms with Crippen LogP contribution in [0, 0.1) is 12.3 Å². The van der Waals surface area contributed by atoms with Crippen LogP contribution in [0.15, 0.2) is 42.5 Å². The Hall–Kier alpha value is -3.13. The van der Waals surface area contributed by atoms with Gasteiger partial charge < -0.3 is 4.90 Å². The van der Waals surface area contributed by atoms with Crippen LogP contribution in [0.1, 0.15) is 16.7 Å². The van der Waals surface area contributed by atoms with Crippen molar-refractivity contribution in [3.05, 3.63) is 59.2 Å². The van der Waals surface area contributed by atoms with Crippen molar-refractivity contribution in [2.24, 2.45) is 0 Å².